The Hall–Kier alpha value is -0.960. The quantitative estimate of drug-likeness (QED) is 0.835. The third kappa shape index (κ3) is 4.26. The zero-order valence-corrected chi connectivity index (χ0v) is 14.4. The van der Waals surface area contributed by atoms with Gasteiger partial charge in [-0.2, -0.15) is 0 Å². The largest absolute Gasteiger partial charge is 0.320 e. The van der Waals surface area contributed by atoms with Gasteiger partial charge in [-0.3, -0.25) is 0 Å². The molecule has 1 fully saturated rings. The van der Waals surface area contributed by atoms with Crippen molar-refractivity contribution in [2.24, 2.45) is 5.41 Å². The third-order valence-corrected chi connectivity index (χ3v) is 5.00. The number of aromatic nitrogens is 2. The van der Waals surface area contributed by atoms with Crippen molar-refractivity contribution in [1.82, 2.24) is 15.3 Å². The van der Waals surface area contributed by atoms with Gasteiger partial charge >= 0.3 is 0 Å². The van der Waals surface area contributed by atoms with Gasteiger partial charge in [0.25, 0.3) is 0 Å². The van der Waals surface area contributed by atoms with E-state index in [2.05, 4.69) is 33.0 Å². The van der Waals surface area contributed by atoms with E-state index in [9.17, 15) is 0 Å². The van der Waals surface area contributed by atoms with Gasteiger partial charge in [0.15, 0.2) is 0 Å². The Balaban J connectivity index is 2.09. The molecule has 0 radical (unpaired) electrons. The third-order valence-electron chi connectivity index (χ3n) is 5.00. The predicted octanol–water partition coefficient (Wildman–Crippen LogP) is 3.93. The Labute approximate surface area is 130 Å². The molecule has 1 aliphatic rings. The topological polar surface area (TPSA) is 37.8 Å². The van der Waals surface area contributed by atoms with Crippen molar-refractivity contribution in [3.8, 4) is 0 Å². The van der Waals surface area contributed by atoms with Crippen molar-refractivity contribution in [3.63, 3.8) is 0 Å². The minimum atomic E-state index is 0.508. The van der Waals surface area contributed by atoms with Crippen molar-refractivity contribution in [1.29, 1.82) is 0 Å². The highest BCUT2D eigenvalue weighted by Gasteiger charge is 2.29. The van der Waals surface area contributed by atoms with E-state index in [0.717, 1.165) is 25.2 Å². The summed E-state index contributed by atoms with van der Waals surface area (Å²) in [6.45, 7) is 10.1. The second-order valence-electron chi connectivity index (χ2n) is 7.38. The molecule has 0 aliphatic heterocycles. The molecule has 0 unspecified atom stereocenters. The molecule has 0 saturated heterocycles. The maximum Gasteiger partial charge on any atom is 0.131 e. The molecular weight excluding hydrogens is 258 g/mol. The summed E-state index contributed by atoms with van der Waals surface area (Å²) in [4.78, 5) is 9.71. The molecule has 0 atom stereocenters. The molecule has 2 rings (SSSR count). The van der Waals surface area contributed by atoms with Gasteiger partial charge in [0.05, 0.1) is 0 Å². The fourth-order valence-corrected chi connectivity index (χ4v) is 3.41. The minimum absolute atomic E-state index is 0.508. The number of hydrogen-bond donors (Lipinski definition) is 1. The van der Waals surface area contributed by atoms with Crippen LogP contribution in [-0.4, -0.2) is 23.6 Å². The average Bonchev–Trinajstić information content (AvgIpc) is 2.41. The second-order valence-corrected chi connectivity index (χ2v) is 7.38. The van der Waals surface area contributed by atoms with Crippen LogP contribution in [0.3, 0.4) is 0 Å². The van der Waals surface area contributed by atoms with Crippen LogP contribution in [0.2, 0.25) is 0 Å². The molecule has 0 amide bonds. The highest BCUT2D eigenvalue weighted by molar-refractivity contribution is 5.25. The van der Waals surface area contributed by atoms with Gasteiger partial charge in [-0.15, -0.1) is 0 Å². The maximum atomic E-state index is 4.85. The van der Waals surface area contributed by atoms with Gasteiger partial charge in [-0.1, -0.05) is 13.8 Å². The summed E-state index contributed by atoms with van der Waals surface area (Å²) in [5, 5.41) is 3.21. The summed E-state index contributed by atoms with van der Waals surface area (Å²) in [5.41, 5.74) is 4.25. The minimum Gasteiger partial charge on any atom is -0.320 e. The van der Waals surface area contributed by atoms with Crippen LogP contribution in [0.15, 0.2) is 0 Å². The van der Waals surface area contributed by atoms with Gasteiger partial charge in [0.2, 0.25) is 0 Å². The fourth-order valence-electron chi connectivity index (χ4n) is 3.41. The van der Waals surface area contributed by atoms with Crippen LogP contribution in [0, 0.1) is 19.3 Å². The summed E-state index contributed by atoms with van der Waals surface area (Å²) < 4.78 is 0. The molecule has 1 heterocycles. The molecule has 1 aliphatic carbocycles. The summed E-state index contributed by atoms with van der Waals surface area (Å²) in [6, 6.07) is 0. The standard InChI is InChI=1S/C18H31N3/c1-13-16(7-6-12-19-5)14(2)21-17(20-13)15-8-10-18(3,4)11-9-15/h15,19H,6-12H2,1-5H3. The molecule has 0 spiro atoms. The van der Waals surface area contributed by atoms with Gasteiger partial charge < -0.3 is 5.32 Å². The van der Waals surface area contributed by atoms with Crippen LogP contribution in [0.4, 0.5) is 0 Å². The number of rotatable bonds is 5. The fraction of sp³-hybridized carbons (Fsp3) is 0.778. The Morgan fingerprint density at radius 3 is 2.19 bits per heavy atom. The highest BCUT2D eigenvalue weighted by Crippen LogP contribution is 2.41. The van der Waals surface area contributed by atoms with Gasteiger partial charge in [0, 0.05) is 17.3 Å². The molecule has 0 aromatic carbocycles. The van der Waals surface area contributed by atoms with E-state index in [1.54, 1.807) is 0 Å². The lowest BCUT2D eigenvalue weighted by atomic mass is 9.73. The lowest BCUT2D eigenvalue weighted by Crippen LogP contribution is -2.22. The van der Waals surface area contributed by atoms with Gasteiger partial charge in [-0.05, 0) is 76.9 Å². The summed E-state index contributed by atoms with van der Waals surface area (Å²) in [5.74, 6) is 1.67. The predicted molar refractivity (Wildman–Crippen MR) is 88.7 cm³/mol. The summed E-state index contributed by atoms with van der Waals surface area (Å²) in [6.07, 6.45) is 7.30. The van der Waals surface area contributed by atoms with E-state index < -0.39 is 0 Å². The number of aryl methyl sites for hydroxylation is 2. The van der Waals surface area contributed by atoms with Crippen molar-refractivity contribution in [3.05, 3.63) is 22.8 Å². The van der Waals surface area contributed by atoms with Crippen LogP contribution in [0.1, 0.15) is 74.6 Å². The Bertz CT molecular complexity index is 446. The molecule has 1 N–H and O–H groups in total. The SMILES string of the molecule is CNCCCc1c(C)nc(C2CCC(C)(C)CC2)nc1C. The highest BCUT2D eigenvalue weighted by atomic mass is 14.9. The smallest absolute Gasteiger partial charge is 0.131 e. The van der Waals surface area contributed by atoms with Crippen LogP contribution in [0.25, 0.3) is 0 Å². The lowest BCUT2D eigenvalue weighted by Gasteiger charge is -2.33. The molecule has 118 valence electrons. The molecule has 1 aromatic rings. The summed E-state index contributed by atoms with van der Waals surface area (Å²) in [7, 11) is 2.00. The van der Waals surface area contributed by atoms with E-state index in [-0.39, 0.29) is 0 Å². The lowest BCUT2D eigenvalue weighted by molar-refractivity contribution is 0.220. The molecule has 1 saturated carbocycles. The van der Waals surface area contributed by atoms with Gasteiger partial charge in [-0.25, -0.2) is 9.97 Å². The maximum absolute atomic E-state index is 4.85. The van der Waals surface area contributed by atoms with Crippen molar-refractivity contribution in [2.75, 3.05) is 13.6 Å². The van der Waals surface area contributed by atoms with E-state index in [1.807, 2.05) is 7.05 Å². The molecule has 1 aromatic heterocycles. The zero-order valence-electron chi connectivity index (χ0n) is 14.4. The van der Waals surface area contributed by atoms with E-state index in [0.29, 0.717) is 11.3 Å². The van der Waals surface area contributed by atoms with Crippen LogP contribution >= 0.6 is 0 Å². The Kier molecular flexibility index (Phi) is 5.37. The molecule has 3 nitrogen and oxygen atoms in total. The van der Waals surface area contributed by atoms with Crippen molar-refractivity contribution in [2.45, 2.75) is 72.1 Å². The number of nitrogens with zero attached hydrogens (tertiary/aromatic N) is 2. The monoisotopic (exact) mass is 289 g/mol. The summed E-state index contributed by atoms with van der Waals surface area (Å²) >= 11 is 0. The zero-order chi connectivity index (χ0) is 15.5. The van der Waals surface area contributed by atoms with Gasteiger partial charge in [0.1, 0.15) is 5.82 Å². The molecule has 0 bridgehead atoms. The molecule has 3 heteroatoms. The first-order valence-electron chi connectivity index (χ1n) is 8.41. The van der Waals surface area contributed by atoms with E-state index >= 15 is 0 Å². The van der Waals surface area contributed by atoms with Crippen molar-refractivity contribution >= 4 is 0 Å². The number of nitrogens with one attached hydrogen (secondary N) is 1. The Morgan fingerprint density at radius 2 is 1.67 bits per heavy atom. The van der Waals surface area contributed by atoms with Crippen molar-refractivity contribution < 1.29 is 0 Å². The first-order valence-corrected chi connectivity index (χ1v) is 8.41. The first-order chi connectivity index (χ1) is 9.93. The Morgan fingerprint density at radius 1 is 1.10 bits per heavy atom. The normalized spacial score (nSPS) is 18.9. The van der Waals surface area contributed by atoms with Crippen LogP contribution in [-0.2, 0) is 6.42 Å². The average molecular weight is 289 g/mol. The number of hydrogen-bond acceptors (Lipinski definition) is 3. The second kappa shape index (κ2) is 6.87. The van der Waals surface area contributed by atoms with Crippen LogP contribution < -0.4 is 5.32 Å². The van der Waals surface area contributed by atoms with Crippen LogP contribution in [0.5, 0.6) is 0 Å². The van der Waals surface area contributed by atoms with E-state index in [4.69, 9.17) is 9.97 Å². The molecular formula is C18H31N3. The van der Waals surface area contributed by atoms with E-state index in [1.165, 1.54) is 42.6 Å². The first kappa shape index (κ1) is 16.4. The molecule has 21 heavy (non-hydrogen) atoms.